The Balaban J connectivity index is 1.54. The summed E-state index contributed by atoms with van der Waals surface area (Å²) < 4.78 is 21.1. The first-order valence-corrected chi connectivity index (χ1v) is 12.5. The van der Waals surface area contributed by atoms with Gasteiger partial charge in [0.15, 0.2) is 5.75 Å². The molecule has 2 N–H and O–H groups in total. The van der Waals surface area contributed by atoms with Gasteiger partial charge in [0.05, 0.1) is 11.6 Å². The maximum absolute atomic E-state index is 14.9. The van der Waals surface area contributed by atoms with E-state index in [-0.39, 0.29) is 51.7 Å². The molecule has 1 aromatic heterocycles. The Bertz CT molecular complexity index is 1130. The number of piperazine rings is 1. The van der Waals surface area contributed by atoms with Crippen LogP contribution < -0.4 is 15.0 Å². The fourth-order valence-corrected chi connectivity index (χ4v) is 6.43. The van der Waals surface area contributed by atoms with Gasteiger partial charge in [-0.3, -0.25) is 4.79 Å². The molecule has 1 atom stereocenters. The van der Waals surface area contributed by atoms with Crippen molar-refractivity contribution in [2.75, 3.05) is 44.2 Å². The van der Waals surface area contributed by atoms with Gasteiger partial charge in [0.1, 0.15) is 40.3 Å². The van der Waals surface area contributed by atoms with E-state index >= 15 is 0 Å². The quantitative estimate of drug-likeness (QED) is 0.672. The molecule has 2 saturated heterocycles. The first kappa shape index (κ1) is 21.9. The van der Waals surface area contributed by atoms with Crippen molar-refractivity contribution < 1.29 is 19.0 Å². The fourth-order valence-electron chi connectivity index (χ4n) is 6.15. The van der Waals surface area contributed by atoms with Crippen molar-refractivity contribution in [1.29, 1.82) is 0 Å². The minimum Gasteiger partial charge on any atom is -0.507 e. The van der Waals surface area contributed by atoms with Gasteiger partial charge in [0.2, 0.25) is 0 Å². The summed E-state index contributed by atoms with van der Waals surface area (Å²) in [7, 11) is 0. The molecule has 4 heterocycles. The number of phenolic OH excluding ortho intramolecular Hbond substituents is 1. The number of hydrogen-bond donors (Lipinski definition) is 2. The number of carbonyl (C=O) groups is 1. The molecule has 1 amide bonds. The molecule has 3 aliphatic heterocycles. The second-order valence-corrected chi connectivity index (χ2v) is 10.4. The first-order valence-electron chi connectivity index (χ1n) is 12.1. The molecule has 6 rings (SSSR count). The summed E-state index contributed by atoms with van der Waals surface area (Å²) in [6.07, 6.45) is 5.82. The molecule has 4 aliphatic rings. The van der Waals surface area contributed by atoms with Crippen molar-refractivity contribution in [2.24, 2.45) is 5.41 Å². The SMILES string of the molecule is O=C1c2c(N3CCC4(CCCC4)C3)nc(-c3c(O)cccc3F)c(Cl)c2OC[C@H]2CNCCN12. The number of phenols is 1. The van der Waals surface area contributed by atoms with Gasteiger partial charge in [-0.2, -0.15) is 0 Å². The maximum Gasteiger partial charge on any atom is 0.261 e. The van der Waals surface area contributed by atoms with Crippen LogP contribution in [0.5, 0.6) is 11.5 Å². The highest BCUT2D eigenvalue weighted by Gasteiger charge is 2.44. The summed E-state index contributed by atoms with van der Waals surface area (Å²) in [4.78, 5) is 22.6. The van der Waals surface area contributed by atoms with Gasteiger partial charge in [-0.05, 0) is 36.8 Å². The van der Waals surface area contributed by atoms with Gasteiger partial charge >= 0.3 is 0 Å². The van der Waals surface area contributed by atoms with Gasteiger partial charge < -0.3 is 25.0 Å². The number of aromatic hydroxyl groups is 1. The number of fused-ring (bicyclic) bond motifs is 2. The maximum atomic E-state index is 14.9. The zero-order valence-corrected chi connectivity index (χ0v) is 19.7. The van der Waals surface area contributed by atoms with E-state index in [0.717, 1.165) is 19.5 Å². The number of anilines is 1. The van der Waals surface area contributed by atoms with Crippen LogP contribution in [-0.4, -0.2) is 66.3 Å². The van der Waals surface area contributed by atoms with Gasteiger partial charge in [0, 0.05) is 32.7 Å². The number of amides is 1. The van der Waals surface area contributed by atoms with E-state index in [1.165, 1.54) is 43.9 Å². The summed E-state index contributed by atoms with van der Waals surface area (Å²) >= 11 is 6.77. The zero-order chi connectivity index (χ0) is 23.4. The van der Waals surface area contributed by atoms with Crippen molar-refractivity contribution in [3.8, 4) is 22.8 Å². The second-order valence-electron chi connectivity index (χ2n) is 9.98. The van der Waals surface area contributed by atoms with Crippen molar-refractivity contribution in [3.63, 3.8) is 0 Å². The van der Waals surface area contributed by atoms with Crippen LogP contribution >= 0.6 is 11.6 Å². The van der Waals surface area contributed by atoms with Crippen LogP contribution in [0, 0.1) is 11.2 Å². The predicted molar refractivity (Wildman–Crippen MR) is 127 cm³/mol. The highest BCUT2D eigenvalue weighted by atomic mass is 35.5. The predicted octanol–water partition coefficient (Wildman–Crippen LogP) is 3.82. The monoisotopic (exact) mass is 486 g/mol. The fraction of sp³-hybridized carbons (Fsp3) is 0.520. The summed E-state index contributed by atoms with van der Waals surface area (Å²) in [5.74, 6) is -0.327. The molecule has 0 radical (unpaired) electrons. The minimum atomic E-state index is -0.629. The molecule has 2 aromatic rings. The van der Waals surface area contributed by atoms with Crippen molar-refractivity contribution in [1.82, 2.24) is 15.2 Å². The number of benzene rings is 1. The smallest absolute Gasteiger partial charge is 0.261 e. The largest absolute Gasteiger partial charge is 0.507 e. The molecule has 1 aliphatic carbocycles. The lowest BCUT2D eigenvalue weighted by atomic mass is 9.86. The summed E-state index contributed by atoms with van der Waals surface area (Å²) in [5, 5.41) is 13.9. The number of ether oxygens (including phenoxy) is 1. The Morgan fingerprint density at radius 3 is 2.82 bits per heavy atom. The van der Waals surface area contributed by atoms with Crippen LogP contribution in [0.3, 0.4) is 0 Å². The Hall–Kier alpha value is -2.58. The number of halogens is 2. The van der Waals surface area contributed by atoms with E-state index in [0.29, 0.717) is 31.0 Å². The number of nitrogens with one attached hydrogen (secondary N) is 1. The number of rotatable bonds is 2. The van der Waals surface area contributed by atoms with E-state index in [9.17, 15) is 14.3 Å². The van der Waals surface area contributed by atoms with Gasteiger partial charge in [-0.15, -0.1) is 0 Å². The Labute approximate surface area is 202 Å². The number of pyridine rings is 1. The molecule has 0 bridgehead atoms. The van der Waals surface area contributed by atoms with E-state index in [1.807, 2.05) is 4.90 Å². The van der Waals surface area contributed by atoms with E-state index in [1.54, 1.807) is 0 Å². The van der Waals surface area contributed by atoms with Gasteiger partial charge in [-0.25, -0.2) is 9.37 Å². The first-order chi connectivity index (χ1) is 16.5. The van der Waals surface area contributed by atoms with E-state index in [4.69, 9.17) is 21.3 Å². The van der Waals surface area contributed by atoms with Crippen LogP contribution in [0.1, 0.15) is 42.5 Å². The van der Waals surface area contributed by atoms with Crippen molar-refractivity contribution in [3.05, 3.63) is 34.6 Å². The minimum absolute atomic E-state index is 0.0510. The van der Waals surface area contributed by atoms with Crippen LogP contribution in [0.25, 0.3) is 11.3 Å². The molecule has 9 heteroatoms. The number of aromatic nitrogens is 1. The standard InChI is InChI=1S/C25H28ClFN4O3/c26-20-21(18-16(27)4-3-5-17(18)32)29-23(30-10-8-25(14-30)6-1-2-7-25)19-22(20)34-13-15-12-28-9-11-31(15)24(19)33/h3-5,15,28,32H,1-2,6-14H2/t15-/m1/s1. The normalized spacial score (nSPS) is 23.6. The van der Waals surface area contributed by atoms with Crippen LogP contribution in [0.4, 0.5) is 10.2 Å². The molecule has 7 nitrogen and oxygen atoms in total. The molecule has 3 fully saturated rings. The molecule has 1 aromatic carbocycles. The number of nitrogens with zero attached hydrogens (tertiary/aromatic N) is 3. The molecular formula is C25H28ClFN4O3. The van der Waals surface area contributed by atoms with Crippen LogP contribution in [0.2, 0.25) is 5.02 Å². The van der Waals surface area contributed by atoms with E-state index < -0.39 is 5.82 Å². The van der Waals surface area contributed by atoms with Crippen molar-refractivity contribution >= 4 is 23.3 Å². The van der Waals surface area contributed by atoms with Crippen molar-refractivity contribution in [2.45, 2.75) is 38.1 Å². The zero-order valence-electron chi connectivity index (χ0n) is 18.9. The number of carbonyl (C=O) groups excluding carboxylic acids is 1. The second kappa shape index (κ2) is 8.27. The highest BCUT2D eigenvalue weighted by Crippen LogP contribution is 2.50. The lowest BCUT2D eigenvalue weighted by molar-refractivity contribution is 0.0606. The molecular weight excluding hydrogens is 459 g/mol. The van der Waals surface area contributed by atoms with Crippen LogP contribution in [-0.2, 0) is 0 Å². The summed E-state index contributed by atoms with van der Waals surface area (Å²) in [6.45, 7) is 3.76. The Morgan fingerprint density at radius 1 is 1.21 bits per heavy atom. The lowest BCUT2D eigenvalue weighted by Gasteiger charge is -2.34. The van der Waals surface area contributed by atoms with Gasteiger partial charge in [-0.1, -0.05) is 30.5 Å². The lowest BCUT2D eigenvalue weighted by Crippen LogP contribution is -2.55. The topological polar surface area (TPSA) is 77.9 Å². The molecule has 180 valence electrons. The number of hydrogen-bond acceptors (Lipinski definition) is 6. The Morgan fingerprint density at radius 2 is 2.03 bits per heavy atom. The highest BCUT2D eigenvalue weighted by molar-refractivity contribution is 6.35. The third-order valence-electron chi connectivity index (χ3n) is 7.95. The third kappa shape index (κ3) is 3.41. The van der Waals surface area contributed by atoms with Gasteiger partial charge in [0.25, 0.3) is 5.91 Å². The molecule has 0 unspecified atom stereocenters. The average Bonchev–Trinajstić information content (AvgIpc) is 3.44. The van der Waals surface area contributed by atoms with E-state index in [2.05, 4.69) is 10.2 Å². The molecule has 34 heavy (non-hydrogen) atoms. The molecule has 1 saturated carbocycles. The average molecular weight is 487 g/mol. The molecule has 1 spiro atoms. The summed E-state index contributed by atoms with van der Waals surface area (Å²) in [6, 6.07) is 3.98. The summed E-state index contributed by atoms with van der Waals surface area (Å²) in [5.41, 5.74) is 0.611. The van der Waals surface area contributed by atoms with Crippen LogP contribution in [0.15, 0.2) is 18.2 Å². The Kier molecular flexibility index (Phi) is 5.33. The third-order valence-corrected chi connectivity index (χ3v) is 8.30.